The molecule has 0 aliphatic carbocycles. The second kappa shape index (κ2) is 3.74. The summed E-state index contributed by atoms with van der Waals surface area (Å²) in [6, 6.07) is 0. The van der Waals surface area contributed by atoms with Crippen LogP contribution in [0.4, 0.5) is 0 Å². The Kier molecular flexibility index (Phi) is 3.06. The van der Waals surface area contributed by atoms with Crippen LogP contribution in [-0.2, 0) is 5.41 Å². The normalized spacial score (nSPS) is 14.5. The van der Waals surface area contributed by atoms with Gasteiger partial charge in [0.2, 0.25) is 0 Å². The minimum Gasteiger partial charge on any atom is -0.345 e. The molecule has 0 saturated heterocycles. The molecule has 3 heteroatoms. The summed E-state index contributed by atoms with van der Waals surface area (Å²) in [4.78, 5) is 7.76. The maximum Gasteiger partial charge on any atom is 0.111 e. The summed E-state index contributed by atoms with van der Waals surface area (Å²) in [5, 5.41) is 0.503. The molecule has 2 nitrogen and oxygen atoms in total. The van der Waals surface area contributed by atoms with Crippen molar-refractivity contribution in [3.8, 4) is 0 Å². The number of rotatable bonds is 2. The van der Waals surface area contributed by atoms with E-state index in [0.29, 0.717) is 5.25 Å². The second-order valence-corrected chi connectivity index (χ2v) is 5.49. The van der Waals surface area contributed by atoms with E-state index >= 15 is 0 Å². The standard InChI is InChI=1S/C10H18N2S/c1-7(13-5)8-6-11-9(12-8)10(2,3)4/h6-7H,1-5H3,(H,11,12). The topological polar surface area (TPSA) is 28.7 Å². The van der Waals surface area contributed by atoms with Gasteiger partial charge < -0.3 is 4.98 Å². The van der Waals surface area contributed by atoms with Crippen LogP contribution in [0, 0.1) is 0 Å². The SMILES string of the molecule is CSC(C)c1cnc(C(C)(C)C)[nH]1. The molecular weight excluding hydrogens is 180 g/mol. The van der Waals surface area contributed by atoms with Crippen LogP contribution in [0.5, 0.6) is 0 Å². The first kappa shape index (κ1) is 10.6. The number of nitrogens with zero attached hydrogens (tertiary/aromatic N) is 1. The molecule has 0 saturated carbocycles. The monoisotopic (exact) mass is 198 g/mol. The number of nitrogens with one attached hydrogen (secondary N) is 1. The van der Waals surface area contributed by atoms with E-state index in [9.17, 15) is 0 Å². The summed E-state index contributed by atoms with van der Waals surface area (Å²) in [5.41, 5.74) is 1.34. The van der Waals surface area contributed by atoms with Crippen LogP contribution in [0.25, 0.3) is 0 Å². The fourth-order valence-electron chi connectivity index (χ4n) is 1.05. The molecular formula is C10H18N2S. The minimum absolute atomic E-state index is 0.121. The Balaban J connectivity index is 2.87. The largest absolute Gasteiger partial charge is 0.345 e. The maximum absolute atomic E-state index is 4.39. The lowest BCUT2D eigenvalue weighted by molar-refractivity contribution is 0.551. The molecule has 0 fully saturated rings. The van der Waals surface area contributed by atoms with Gasteiger partial charge in [0.25, 0.3) is 0 Å². The number of aromatic nitrogens is 2. The van der Waals surface area contributed by atoms with E-state index in [1.165, 1.54) is 5.69 Å². The summed E-state index contributed by atoms with van der Waals surface area (Å²) in [6.45, 7) is 8.68. The molecule has 0 aromatic carbocycles. The third kappa shape index (κ3) is 2.50. The summed E-state index contributed by atoms with van der Waals surface area (Å²) in [7, 11) is 0. The fourth-order valence-corrected chi connectivity index (χ4v) is 1.42. The highest BCUT2D eigenvalue weighted by Crippen LogP contribution is 2.26. The van der Waals surface area contributed by atoms with Crippen molar-refractivity contribution in [3.63, 3.8) is 0 Å². The van der Waals surface area contributed by atoms with Crippen molar-refractivity contribution in [1.29, 1.82) is 0 Å². The fraction of sp³-hybridized carbons (Fsp3) is 0.700. The van der Waals surface area contributed by atoms with Crippen LogP contribution in [-0.4, -0.2) is 16.2 Å². The summed E-state index contributed by atoms with van der Waals surface area (Å²) in [5.74, 6) is 1.07. The molecule has 0 amide bonds. The second-order valence-electron chi connectivity index (χ2n) is 4.32. The summed E-state index contributed by atoms with van der Waals surface area (Å²) in [6.07, 6.45) is 4.06. The number of imidazole rings is 1. The van der Waals surface area contributed by atoms with Gasteiger partial charge in [0.15, 0.2) is 0 Å². The molecule has 13 heavy (non-hydrogen) atoms. The molecule has 1 N–H and O–H groups in total. The summed E-state index contributed by atoms with van der Waals surface area (Å²) >= 11 is 1.83. The van der Waals surface area contributed by atoms with Gasteiger partial charge in [-0.15, -0.1) is 0 Å². The highest BCUT2D eigenvalue weighted by Gasteiger charge is 2.18. The predicted molar refractivity (Wildman–Crippen MR) is 59.2 cm³/mol. The number of aromatic amines is 1. The zero-order chi connectivity index (χ0) is 10.1. The van der Waals surface area contributed by atoms with Gasteiger partial charge in [0.05, 0.1) is 0 Å². The van der Waals surface area contributed by atoms with Gasteiger partial charge in [-0.05, 0) is 13.2 Å². The van der Waals surface area contributed by atoms with Crippen LogP contribution in [0.15, 0.2) is 6.20 Å². The van der Waals surface area contributed by atoms with Crippen LogP contribution in [0.3, 0.4) is 0 Å². The smallest absolute Gasteiger partial charge is 0.111 e. The minimum atomic E-state index is 0.121. The lowest BCUT2D eigenvalue weighted by atomic mass is 9.96. The van der Waals surface area contributed by atoms with Crippen molar-refractivity contribution in [3.05, 3.63) is 17.7 Å². The van der Waals surface area contributed by atoms with Crippen LogP contribution in [0.2, 0.25) is 0 Å². The first-order chi connectivity index (χ1) is 5.95. The van der Waals surface area contributed by atoms with E-state index in [2.05, 4.69) is 43.9 Å². The zero-order valence-corrected chi connectivity index (χ0v) is 9.83. The molecule has 1 aromatic rings. The van der Waals surface area contributed by atoms with Gasteiger partial charge in [-0.2, -0.15) is 11.8 Å². The van der Waals surface area contributed by atoms with Crippen molar-refractivity contribution in [2.45, 2.75) is 38.4 Å². The van der Waals surface area contributed by atoms with E-state index in [-0.39, 0.29) is 5.41 Å². The van der Waals surface area contributed by atoms with Gasteiger partial charge in [0, 0.05) is 22.6 Å². The van der Waals surface area contributed by atoms with Gasteiger partial charge >= 0.3 is 0 Å². The lowest BCUT2D eigenvalue weighted by Gasteiger charge is -2.14. The molecule has 1 aromatic heterocycles. The highest BCUT2D eigenvalue weighted by molar-refractivity contribution is 7.98. The molecule has 0 radical (unpaired) electrons. The van der Waals surface area contributed by atoms with E-state index in [4.69, 9.17) is 0 Å². The Morgan fingerprint density at radius 1 is 1.46 bits per heavy atom. The average molecular weight is 198 g/mol. The number of H-pyrrole nitrogens is 1. The average Bonchev–Trinajstić information content (AvgIpc) is 2.50. The van der Waals surface area contributed by atoms with Crippen molar-refractivity contribution in [2.24, 2.45) is 0 Å². The molecule has 0 bridgehead atoms. The van der Waals surface area contributed by atoms with Gasteiger partial charge in [-0.3, -0.25) is 0 Å². The Morgan fingerprint density at radius 3 is 2.46 bits per heavy atom. The van der Waals surface area contributed by atoms with Crippen molar-refractivity contribution in [1.82, 2.24) is 9.97 Å². The van der Waals surface area contributed by atoms with Gasteiger partial charge in [-0.1, -0.05) is 20.8 Å². The first-order valence-corrected chi connectivity index (χ1v) is 5.82. The molecule has 74 valence electrons. The quantitative estimate of drug-likeness (QED) is 0.791. The van der Waals surface area contributed by atoms with Crippen molar-refractivity contribution in [2.75, 3.05) is 6.26 Å². The first-order valence-electron chi connectivity index (χ1n) is 4.53. The van der Waals surface area contributed by atoms with Gasteiger partial charge in [0.1, 0.15) is 5.82 Å². The Morgan fingerprint density at radius 2 is 2.08 bits per heavy atom. The van der Waals surface area contributed by atoms with Crippen LogP contribution < -0.4 is 0 Å². The van der Waals surface area contributed by atoms with Crippen LogP contribution in [0.1, 0.15) is 44.5 Å². The van der Waals surface area contributed by atoms with Gasteiger partial charge in [-0.25, -0.2) is 4.98 Å². The number of hydrogen-bond acceptors (Lipinski definition) is 2. The molecule has 0 aliphatic rings. The Labute approximate surface area is 84.5 Å². The molecule has 1 unspecified atom stereocenters. The van der Waals surface area contributed by atoms with E-state index < -0.39 is 0 Å². The number of thioether (sulfide) groups is 1. The maximum atomic E-state index is 4.39. The molecule has 1 atom stereocenters. The molecule has 0 spiro atoms. The van der Waals surface area contributed by atoms with Crippen LogP contribution >= 0.6 is 11.8 Å². The third-order valence-corrected chi connectivity index (χ3v) is 3.06. The predicted octanol–water partition coefficient (Wildman–Crippen LogP) is 3.13. The highest BCUT2D eigenvalue weighted by atomic mass is 32.2. The third-order valence-electron chi connectivity index (χ3n) is 2.10. The molecule has 1 heterocycles. The van der Waals surface area contributed by atoms with Crippen molar-refractivity contribution < 1.29 is 0 Å². The van der Waals surface area contributed by atoms with E-state index in [0.717, 1.165) is 5.82 Å². The van der Waals surface area contributed by atoms with Crippen molar-refractivity contribution >= 4 is 11.8 Å². The Hall–Kier alpha value is -0.440. The molecule has 1 rings (SSSR count). The summed E-state index contributed by atoms with van der Waals surface area (Å²) < 4.78 is 0. The zero-order valence-electron chi connectivity index (χ0n) is 9.01. The van der Waals surface area contributed by atoms with E-state index in [1.807, 2.05) is 18.0 Å². The molecule has 0 aliphatic heterocycles. The Bertz CT molecular complexity index is 273. The lowest BCUT2D eigenvalue weighted by Crippen LogP contribution is -2.13. The van der Waals surface area contributed by atoms with E-state index in [1.54, 1.807) is 0 Å². The number of hydrogen-bond donors (Lipinski definition) is 1.